The molecule has 0 amide bonds. The highest BCUT2D eigenvalue weighted by atomic mass is 16.5. The first-order valence-electron chi connectivity index (χ1n) is 5.99. The number of aromatic nitrogens is 3. The molecule has 6 heteroatoms. The maximum absolute atomic E-state index is 11.3. The molecule has 0 aliphatic carbocycles. The Labute approximate surface area is 110 Å². The van der Waals surface area contributed by atoms with Gasteiger partial charge in [0.15, 0.2) is 0 Å². The molecular formula is C13H16N4O2. The van der Waals surface area contributed by atoms with Crippen LogP contribution in [0.25, 0.3) is 0 Å². The van der Waals surface area contributed by atoms with E-state index < -0.39 is 0 Å². The Kier molecular flexibility index (Phi) is 4.12. The molecule has 0 saturated heterocycles. The van der Waals surface area contributed by atoms with Crippen molar-refractivity contribution < 1.29 is 4.74 Å². The third-order valence-corrected chi connectivity index (χ3v) is 2.73. The molecular weight excluding hydrogens is 244 g/mol. The number of nitrogens with zero attached hydrogens (tertiary/aromatic N) is 2. The second-order valence-corrected chi connectivity index (χ2v) is 4.11. The Morgan fingerprint density at radius 3 is 2.63 bits per heavy atom. The van der Waals surface area contributed by atoms with Gasteiger partial charge in [0.25, 0.3) is 5.56 Å². The fourth-order valence-electron chi connectivity index (χ4n) is 1.59. The van der Waals surface area contributed by atoms with Gasteiger partial charge in [-0.3, -0.25) is 9.78 Å². The van der Waals surface area contributed by atoms with Gasteiger partial charge in [0, 0.05) is 6.54 Å². The van der Waals surface area contributed by atoms with E-state index in [-0.39, 0.29) is 5.56 Å². The highest BCUT2D eigenvalue weighted by Crippen LogP contribution is 2.11. The highest BCUT2D eigenvalue weighted by Gasteiger charge is 1.99. The standard InChI is InChI=1S/C13H16N4O2/c1-9-12(18)15-13(17-16-9)14-8-7-10-3-5-11(19-2)6-4-10/h3-6H,7-8H2,1-2H3,(H2,14,15,17,18). The lowest BCUT2D eigenvalue weighted by molar-refractivity contribution is 0.414. The van der Waals surface area contributed by atoms with Crippen LogP contribution in [0.2, 0.25) is 0 Å². The van der Waals surface area contributed by atoms with Gasteiger partial charge in [0.05, 0.1) is 7.11 Å². The normalized spacial score (nSPS) is 10.2. The van der Waals surface area contributed by atoms with Crippen LogP contribution in [-0.4, -0.2) is 28.8 Å². The van der Waals surface area contributed by atoms with Crippen LogP contribution in [0.15, 0.2) is 29.1 Å². The number of anilines is 1. The van der Waals surface area contributed by atoms with E-state index in [0.717, 1.165) is 12.2 Å². The van der Waals surface area contributed by atoms with Gasteiger partial charge < -0.3 is 10.1 Å². The van der Waals surface area contributed by atoms with Crippen molar-refractivity contribution in [3.63, 3.8) is 0 Å². The molecule has 1 aromatic heterocycles. The van der Waals surface area contributed by atoms with Gasteiger partial charge in [-0.15, -0.1) is 10.2 Å². The highest BCUT2D eigenvalue weighted by molar-refractivity contribution is 5.28. The second-order valence-electron chi connectivity index (χ2n) is 4.11. The van der Waals surface area contributed by atoms with E-state index in [9.17, 15) is 4.79 Å². The number of methoxy groups -OCH3 is 1. The molecule has 0 aliphatic heterocycles. The van der Waals surface area contributed by atoms with Crippen molar-refractivity contribution in [2.75, 3.05) is 19.0 Å². The van der Waals surface area contributed by atoms with Gasteiger partial charge in [0.1, 0.15) is 11.4 Å². The molecule has 0 radical (unpaired) electrons. The number of hydrogen-bond acceptors (Lipinski definition) is 5. The lowest BCUT2D eigenvalue weighted by Crippen LogP contribution is -2.18. The van der Waals surface area contributed by atoms with E-state index in [1.54, 1.807) is 14.0 Å². The van der Waals surface area contributed by atoms with Crippen molar-refractivity contribution in [2.45, 2.75) is 13.3 Å². The molecule has 0 aliphatic rings. The maximum atomic E-state index is 11.3. The molecule has 0 fully saturated rings. The minimum Gasteiger partial charge on any atom is -0.497 e. The van der Waals surface area contributed by atoms with Gasteiger partial charge in [0.2, 0.25) is 5.95 Å². The minimum atomic E-state index is -0.220. The van der Waals surface area contributed by atoms with Crippen molar-refractivity contribution in [3.05, 3.63) is 45.9 Å². The summed E-state index contributed by atoms with van der Waals surface area (Å²) in [5.74, 6) is 1.23. The summed E-state index contributed by atoms with van der Waals surface area (Å²) in [7, 11) is 1.64. The first-order chi connectivity index (χ1) is 9.19. The van der Waals surface area contributed by atoms with Crippen LogP contribution in [-0.2, 0) is 6.42 Å². The zero-order chi connectivity index (χ0) is 13.7. The molecule has 0 spiro atoms. The SMILES string of the molecule is COc1ccc(CCNc2nnc(C)c(=O)[nH]2)cc1. The summed E-state index contributed by atoms with van der Waals surface area (Å²) in [5, 5.41) is 10.6. The number of benzene rings is 1. The summed E-state index contributed by atoms with van der Waals surface area (Å²) >= 11 is 0. The van der Waals surface area contributed by atoms with Crippen molar-refractivity contribution in [1.82, 2.24) is 15.2 Å². The smallest absolute Gasteiger partial charge is 0.273 e. The summed E-state index contributed by atoms with van der Waals surface area (Å²) in [6.07, 6.45) is 0.821. The average Bonchev–Trinajstić information content (AvgIpc) is 2.43. The predicted molar refractivity (Wildman–Crippen MR) is 72.6 cm³/mol. The van der Waals surface area contributed by atoms with Crippen LogP contribution in [0, 0.1) is 6.92 Å². The van der Waals surface area contributed by atoms with Crippen LogP contribution < -0.4 is 15.6 Å². The van der Waals surface area contributed by atoms with Crippen molar-refractivity contribution in [1.29, 1.82) is 0 Å². The van der Waals surface area contributed by atoms with Crippen molar-refractivity contribution in [3.8, 4) is 5.75 Å². The molecule has 0 atom stereocenters. The summed E-state index contributed by atoms with van der Waals surface area (Å²) < 4.78 is 5.09. The zero-order valence-electron chi connectivity index (χ0n) is 10.9. The van der Waals surface area contributed by atoms with Gasteiger partial charge in [-0.1, -0.05) is 12.1 Å². The Balaban J connectivity index is 1.88. The molecule has 19 heavy (non-hydrogen) atoms. The molecule has 1 heterocycles. The molecule has 1 aromatic carbocycles. The number of aryl methyl sites for hydroxylation is 1. The number of ether oxygens (including phenoxy) is 1. The largest absolute Gasteiger partial charge is 0.497 e. The van der Waals surface area contributed by atoms with Gasteiger partial charge in [-0.2, -0.15) is 0 Å². The quantitative estimate of drug-likeness (QED) is 0.842. The number of hydrogen-bond donors (Lipinski definition) is 2. The Hall–Kier alpha value is -2.37. The zero-order valence-corrected chi connectivity index (χ0v) is 10.9. The van der Waals surface area contributed by atoms with E-state index in [0.29, 0.717) is 18.2 Å². The van der Waals surface area contributed by atoms with Crippen molar-refractivity contribution >= 4 is 5.95 Å². The van der Waals surface area contributed by atoms with E-state index in [1.165, 1.54) is 5.56 Å². The minimum absolute atomic E-state index is 0.220. The third-order valence-electron chi connectivity index (χ3n) is 2.73. The monoisotopic (exact) mass is 260 g/mol. The van der Waals surface area contributed by atoms with E-state index >= 15 is 0 Å². The number of rotatable bonds is 5. The summed E-state index contributed by atoms with van der Waals surface area (Å²) in [6.45, 7) is 2.28. The van der Waals surface area contributed by atoms with Gasteiger partial charge >= 0.3 is 0 Å². The first kappa shape index (κ1) is 13.1. The lowest BCUT2D eigenvalue weighted by atomic mass is 10.1. The van der Waals surface area contributed by atoms with Gasteiger partial charge in [-0.05, 0) is 31.0 Å². The van der Waals surface area contributed by atoms with Crippen LogP contribution in [0.1, 0.15) is 11.3 Å². The molecule has 0 saturated carbocycles. The van der Waals surface area contributed by atoms with E-state index in [1.807, 2.05) is 24.3 Å². The molecule has 100 valence electrons. The van der Waals surface area contributed by atoms with Gasteiger partial charge in [-0.25, -0.2) is 0 Å². The predicted octanol–water partition coefficient (Wildman–Crippen LogP) is 1.14. The second kappa shape index (κ2) is 5.99. The Morgan fingerprint density at radius 1 is 1.26 bits per heavy atom. The van der Waals surface area contributed by atoms with E-state index in [4.69, 9.17) is 4.74 Å². The molecule has 2 rings (SSSR count). The fraction of sp³-hybridized carbons (Fsp3) is 0.308. The fourth-order valence-corrected chi connectivity index (χ4v) is 1.59. The Morgan fingerprint density at radius 2 is 2.00 bits per heavy atom. The average molecular weight is 260 g/mol. The summed E-state index contributed by atoms with van der Waals surface area (Å²) in [6, 6.07) is 7.85. The molecule has 6 nitrogen and oxygen atoms in total. The maximum Gasteiger partial charge on any atom is 0.273 e. The summed E-state index contributed by atoms with van der Waals surface area (Å²) in [5.41, 5.74) is 1.32. The number of nitrogens with one attached hydrogen (secondary N) is 2. The lowest BCUT2D eigenvalue weighted by Gasteiger charge is -2.05. The third kappa shape index (κ3) is 3.54. The van der Waals surface area contributed by atoms with Crippen LogP contribution in [0.3, 0.4) is 0 Å². The van der Waals surface area contributed by atoms with E-state index in [2.05, 4.69) is 20.5 Å². The summed E-state index contributed by atoms with van der Waals surface area (Å²) in [4.78, 5) is 14.0. The van der Waals surface area contributed by atoms with Crippen LogP contribution in [0.5, 0.6) is 5.75 Å². The number of aromatic amines is 1. The van der Waals surface area contributed by atoms with Crippen LogP contribution in [0.4, 0.5) is 5.95 Å². The van der Waals surface area contributed by atoms with Crippen LogP contribution >= 0.6 is 0 Å². The molecule has 0 unspecified atom stereocenters. The molecule has 2 aromatic rings. The Bertz CT molecular complexity index is 592. The topological polar surface area (TPSA) is 79.9 Å². The molecule has 0 bridgehead atoms. The number of H-pyrrole nitrogens is 1. The van der Waals surface area contributed by atoms with Crippen molar-refractivity contribution in [2.24, 2.45) is 0 Å². The first-order valence-corrected chi connectivity index (χ1v) is 5.99. The molecule has 2 N–H and O–H groups in total.